The van der Waals surface area contributed by atoms with Crippen LogP contribution in [-0.4, -0.2) is 66.0 Å². The van der Waals surface area contributed by atoms with Gasteiger partial charge in [0.25, 0.3) is 11.9 Å². The van der Waals surface area contributed by atoms with Crippen LogP contribution < -0.4 is 15.1 Å². The van der Waals surface area contributed by atoms with E-state index < -0.39 is 29.0 Å². The first kappa shape index (κ1) is 30.8. The molecule has 1 saturated carbocycles. The molecule has 1 N–H and O–H groups in total. The second-order valence-corrected chi connectivity index (χ2v) is 12.4. The smallest absolute Gasteiger partial charge is 0.417 e. The fourth-order valence-corrected chi connectivity index (χ4v) is 6.70. The van der Waals surface area contributed by atoms with Gasteiger partial charge >= 0.3 is 6.18 Å². The number of anilines is 3. The van der Waals surface area contributed by atoms with Gasteiger partial charge in [-0.2, -0.15) is 18.2 Å². The lowest BCUT2D eigenvalue weighted by Crippen LogP contribution is -2.51. The lowest BCUT2D eigenvalue weighted by molar-refractivity contribution is -0.141. The van der Waals surface area contributed by atoms with Crippen LogP contribution in [0, 0.1) is 0 Å². The number of piperazine rings is 1. The van der Waals surface area contributed by atoms with Crippen LogP contribution in [0.2, 0.25) is 0 Å². The van der Waals surface area contributed by atoms with Crippen LogP contribution in [0.3, 0.4) is 0 Å². The highest BCUT2D eigenvalue weighted by molar-refractivity contribution is 6.03. The molecule has 0 atom stereocenters. The number of amides is 2. The number of oxazole rings is 1. The Kier molecular flexibility index (Phi) is 8.11. The summed E-state index contributed by atoms with van der Waals surface area (Å²) in [6.07, 6.45) is -0.294. The highest BCUT2D eigenvalue weighted by Gasteiger charge is 2.53. The summed E-state index contributed by atoms with van der Waals surface area (Å²) in [5, 5.41) is 2.48. The van der Waals surface area contributed by atoms with E-state index in [1.54, 1.807) is 17.0 Å². The van der Waals surface area contributed by atoms with E-state index in [0.717, 1.165) is 31.2 Å². The summed E-state index contributed by atoms with van der Waals surface area (Å²) in [6, 6.07) is 23.0. The van der Waals surface area contributed by atoms with Gasteiger partial charge in [-0.15, -0.1) is 0 Å². The van der Waals surface area contributed by atoms with Crippen molar-refractivity contribution in [1.29, 1.82) is 0 Å². The third-order valence-corrected chi connectivity index (χ3v) is 9.51. The third-order valence-electron chi connectivity index (χ3n) is 9.51. The van der Waals surface area contributed by atoms with Crippen LogP contribution in [0.15, 0.2) is 83.4 Å². The van der Waals surface area contributed by atoms with Crippen LogP contribution in [0.25, 0.3) is 0 Å². The Morgan fingerprint density at radius 3 is 2.09 bits per heavy atom. The summed E-state index contributed by atoms with van der Waals surface area (Å²) in [4.78, 5) is 40.2. The molecule has 2 aliphatic heterocycles. The van der Waals surface area contributed by atoms with Gasteiger partial charge in [-0.3, -0.25) is 9.59 Å². The number of halogens is 3. The van der Waals surface area contributed by atoms with Crippen LogP contribution in [0.5, 0.6) is 0 Å². The normalized spacial score (nSPS) is 18.2. The van der Waals surface area contributed by atoms with Crippen LogP contribution in [0.4, 0.5) is 30.7 Å². The van der Waals surface area contributed by atoms with Crippen molar-refractivity contribution in [3.8, 4) is 0 Å². The number of carbonyl (C=O) groups excluding carboxylic acids is 2. The summed E-state index contributed by atoms with van der Waals surface area (Å²) in [7, 11) is 0. The van der Waals surface area contributed by atoms with Gasteiger partial charge in [-0.05, 0) is 54.9 Å². The SMILES string of the molecule is O=C(Nc1ccc(N2CCN(C(=O)C3(c4ccccc4)CC3)CC2)nc1)c1oc(N2CCC(c3ccccc3)CC2)nc1C(F)(F)F. The van der Waals surface area contributed by atoms with Gasteiger partial charge in [0.1, 0.15) is 5.82 Å². The molecule has 244 valence electrons. The first-order chi connectivity index (χ1) is 22.7. The largest absolute Gasteiger partial charge is 0.437 e. The van der Waals surface area contributed by atoms with E-state index in [1.165, 1.54) is 11.8 Å². The van der Waals surface area contributed by atoms with Crippen molar-refractivity contribution in [3.05, 3.63) is 102 Å². The van der Waals surface area contributed by atoms with E-state index in [0.29, 0.717) is 51.0 Å². The monoisotopic (exact) mass is 644 g/mol. The minimum atomic E-state index is -4.87. The van der Waals surface area contributed by atoms with Crippen molar-refractivity contribution < 1.29 is 27.2 Å². The lowest BCUT2D eigenvalue weighted by atomic mass is 9.90. The van der Waals surface area contributed by atoms with Crippen molar-refractivity contribution in [2.75, 3.05) is 54.4 Å². The molecule has 12 heteroatoms. The maximum atomic E-state index is 13.9. The fraction of sp³-hybridized carbons (Fsp3) is 0.371. The zero-order valence-electron chi connectivity index (χ0n) is 25.7. The number of benzene rings is 2. The number of hydrogen-bond acceptors (Lipinski definition) is 7. The van der Waals surface area contributed by atoms with Gasteiger partial charge in [0.05, 0.1) is 17.3 Å². The molecule has 0 unspecified atom stereocenters. The van der Waals surface area contributed by atoms with Crippen LogP contribution >= 0.6 is 0 Å². The van der Waals surface area contributed by atoms with Gasteiger partial charge in [0, 0.05) is 39.3 Å². The molecule has 2 aromatic heterocycles. The molecular weight excluding hydrogens is 609 g/mol. The number of nitrogens with one attached hydrogen (secondary N) is 1. The van der Waals surface area contributed by atoms with E-state index in [2.05, 4.69) is 27.4 Å². The van der Waals surface area contributed by atoms with Gasteiger partial charge in [0.2, 0.25) is 11.7 Å². The van der Waals surface area contributed by atoms with E-state index in [-0.39, 0.29) is 17.6 Å². The number of nitrogens with zero attached hydrogens (tertiary/aromatic N) is 5. The molecule has 3 fully saturated rings. The molecule has 0 spiro atoms. The Labute approximate surface area is 270 Å². The summed E-state index contributed by atoms with van der Waals surface area (Å²) in [5.41, 5.74) is 0.724. The fourth-order valence-electron chi connectivity index (χ4n) is 6.70. The summed E-state index contributed by atoms with van der Waals surface area (Å²) in [5.74, 6) is -0.824. The zero-order valence-corrected chi connectivity index (χ0v) is 25.7. The van der Waals surface area contributed by atoms with Crippen molar-refractivity contribution >= 4 is 29.3 Å². The van der Waals surface area contributed by atoms with Crippen molar-refractivity contribution in [2.24, 2.45) is 0 Å². The average molecular weight is 645 g/mol. The average Bonchev–Trinajstić information content (AvgIpc) is 3.79. The predicted molar refractivity (Wildman–Crippen MR) is 170 cm³/mol. The van der Waals surface area contributed by atoms with E-state index in [4.69, 9.17) is 4.42 Å². The highest BCUT2D eigenvalue weighted by atomic mass is 19.4. The molecule has 4 heterocycles. The molecule has 2 saturated heterocycles. The Balaban J connectivity index is 0.967. The van der Waals surface area contributed by atoms with E-state index in [1.807, 2.05) is 58.3 Å². The molecule has 0 bridgehead atoms. The molecule has 4 aromatic rings. The first-order valence-corrected chi connectivity index (χ1v) is 16.0. The van der Waals surface area contributed by atoms with Gasteiger partial charge in [-0.25, -0.2) is 4.98 Å². The van der Waals surface area contributed by atoms with Crippen molar-refractivity contribution in [2.45, 2.75) is 43.2 Å². The number of pyridine rings is 1. The van der Waals surface area contributed by atoms with Gasteiger partial charge in [-0.1, -0.05) is 60.7 Å². The number of rotatable bonds is 7. The van der Waals surface area contributed by atoms with Gasteiger partial charge < -0.3 is 24.4 Å². The van der Waals surface area contributed by atoms with Crippen LogP contribution in [0.1, 0.15) is 59.0 Å². The minimum Gasteiger partial charge on any atom is -0.417 e. The number of hydrogen-bond donors (Lipinski definition) is 1. The second kappa shape index (κ2) is 12.4. The van der Waals surface area contributed by atoms with E-state index >= 15 is 0 Å². The quantitative estimate of drug-likeness (QED) is 0.260. The first-order valence-electron chi connectivity index (χ1n) is 16.0. The van der Waals surface area contributed by atoms with Crippen LogP contribution in [-0.2, 0) is 16.4 Å². The maximum absolute atomic E-state index is 13.9. The molecule has 47 heavy (non-hydrogen) atoms. The van der Waals surface area contributed by atoms with Crippen molar-refractivity contribution in [3.63, 3.8) is 0 Å². The topological polar surface area (TPSA) is 94.8 Å². The lowest BCUT2D eigenvalue weighted by Gasteiger charge is -2.37. The van der Waals surface area contributed by atoms with Gasteiger partial charge in [0.15, 0.2) is 5.69 Å². The second-order valence-electron chi connectivity index (χ2n) is 12.4. The molecule has 2 amide bonds. The molecule has 9 nitrogen and oxygen atoms in total. The Hall–Kier alpha value is -4.87. The molecule has 0 radical (unpaired) electrons. The van der Waals surface area contributed by atoms with E-state index in [9.17, 15) is 22.8 Å². The Morgan fingerprint density at radius 2 is 1.49 bits per heavy atom. The van der Waals surface area contributed by atoms with Crippen molar-refractivity contribution in [1.82, 2.24) is 14.9 Å². The maximum Gasteiger partial charge on any atom is 0.437 e. The molecule has 2 aromatic carbocycles. The predicted octanol–water partition coefficient (Wildman–Crippen LogP) is 6.11. The minimum absolute atomic E-state index is 0.167. The Bertz CT molecular complexity index is 1710. The molecular formula is C35H35F3N6O3. The summed E-state index contributed by atoms with van der Waals surface area (Å²) < 4.78 is 47.3. The number of piperidine rings is 1. The summed E-state index contributed by atoms with van der Waals surface area (Å²) in [6.45, 7) is 3.22. The molecule has 7 rings (SSSR count). The number of aromatic nitrogens is 2. The standard InChI is InChI=1S/C35H35F3N6O3/c36-35(37,38)30-29(47-33(41-30)44-17-13-25(14-18-44)24-7-3-1-4-8-24)31(45)40-27-11-12-28(39-23-27)42-19-21-43(22-20-42)32(46)34(15-16-34)26-9-5-2-6-10-26/h1-12,23,25H,13-22H2,(H,40,45). The Morgan fingerprint density at radius 1 is 0.830 bits per heavy atom. The number of alkyl halides is 3. The number of carbonyl (C=O) groups is 2. The third kappa shape index (κ3) is 6.28. The molecule has 3 aliphatic rings. The zero-order chi connectivity index (χ0) is 32.6. The summed E-state index contributed by atoms with van der Waals surface area (Å²) >= 11 is 0. The molecule has 1 aliphatic carbocycles. The highest BCUT2D eigenvalue weighted by Crippen LogP contribution is 2.49.